The molecule has 0 saturated heterocycles. The molecular weight excluding hydrogens is 458 g/mol. The summed E-state index contributed by atoms with van der Waals surface area (Å²) in [5, 5.41) is 0. The highest BCUT2D eigenvalue weighted by atomic mass is 32.3. The summed E-state index contributed by atoms with van der Waals surface area (Å²) in [6.07, 6.45) is 17.1. The quantitative estimate of drug-likeness (QED) is 0.428. The van der Waals surface area contributed by atoms with Crippen molar-refractivity contribution in [2.24, 2.45) is 46.3 Å². The summed E-state index contributed by atoms with van der Waals surface area (Å²) in [6, 6.07) is 0. The van der Waals surface area contributed by atoms with Gasteiger partial charge in [0.1, 0.15) is 0 Å². The predicted molar refractivity (Wildman–Crippen MR) is 127 cm³/mol. The van der Waals surface area contributed by atoms with Gasteiger partial charge in [0.25, 0.3) is 20.4 Å². The largest absolute Gasteiger partial charge is 0.291 e. The SMILES string of the molecule is O=S(=O)(NCCC12CC3CC(CC(C3)C1)C2)NS(=O)(=O)NCCC12CC3CC(CC(C3)C1)C2. The Morgan fingerprint density at radius 1 is 0.515 bits per heavy atom. The van der Waals surface area contributed by atoms with Crippen LogP contribution in [-0.4, -0.2) is 29.9 Å². The van der Waals surface area contributed by atoms with Gasteiger partial charge in [0, 0.05) is 13.1 Å². The monoisotopic (exact) mass is 499 g/mol. The maximum atomic E-state index is 12.5. The van der Waals surface area contributed by atoms with Crippen molar-refractivity contribution < 1.29 is 16.8 Å². The molecule has 8 aliphatic carbocycles. The molecule has 0 spiro atoms. The van der Waals surface area contributed by atoms with Gasteiger partial charge in [-0.1, -0.05) is 4.13 Å². The first-order chi connectivity index (χ1) is 15.6. The fourth-order valence-corrected chi connectivity index (χ4v) is 12.7. The van der Waals surface area contributed by atoms with E-state index in [0.29, 0.717) is 13.1 Å². The van der Waals surface area contributed by atoms with E-state index < -0.39 is 20.4 Å². The molecule has 0 unspecified atom stereocenters. The third-order valence-corrected chi connectivity index (χ3v) is 13.4. The zero-order chi connectivity index (χ0) is 22.9. The molecule has 0 heterocycles. The summed E-state index contributed by atoms with van der Waals surface area (Å²) in [5.74, 6) is 4.94. The highest BCUT2D eigenvalue weighted by Gasteiger charge is 2.51. The Morgan fingerprint density at radius 2 is 0.788 bits per heavy atom. The molecule has 8 fully saturated rings. The Balaban J connectivity index is 0.973. The van der Waals surface area contributed by atoms with Crippen LogP contribution in [0.25, 0.3) is 0 Å². The molecule has 0 aliphatic heterocycles. The van der Waals surface area contributed by atoms with Crippen molar-refractivity contribution in [2.45, 2.75) is 89.9 Å². The second-order valence-electron chi connectivity index (χ2n) is 13.2. The Kier molecular flexibility index (Phi) is 5.73. The van der Waals surface area contributed by atoms with Crippen LogP contribution >= 0.6 is 0 Å². The minimum Gasteiger partial charge on any atom is -0.201 e. The molecule has 8 bridgehead atoms. The molecule has 0 aromatic carbocycles. The van der Waals surface area contributed by atoms with E-state index in [2.05, 4.69) is 9.44 Å². The lowest BCUT2D eigenvalue weighted by molar-refractivity contribution is -0.0562. The molecular formula is C24H41N3O4S2. The first kappa shape index (κ1) is 23.2. The van der Waals surface area contributed by atoms with Crippen LogP contribution in [0.5, 0.6) is 0 Å². The van der Waals surface area contributed by atoms with E-state index in [0.717, 1.165) is 48.3 Å². The molecule has 7 nitrogen and oxygen atoms in total. The Bertz CT molecular complexity index is 829. The maximum absolute atomic E-state index is 12.5. The average Bonchev–Trinajstić information content (AvgIpc) is 2.64. The molecule has 33 heavy (non-hydrogen) atoms. The van der Waals surface area contributed by atoms with Crippen molar-refractivity contribution >= 4 is 20.4 Å². The molecule has 8 aliphatic rings. The lowest BCUT2D eigenvalue weighted by Gasteiger charge is -2.57. The number of nitrogens with one attached hydrogen (secondary N) is 3. The van der Waals surface area contributed by atoms with Crippen molar-refractivity contribution in [3.63, 3.8) is 0 Å². The topological polar surface area (TPSA) is 104 Å². The van der Waals surface area contributed by atoms with Crippen LogP contribution in [-0.2, 0) is 20.4 Å². The third kappa shape index (κ3) is 4.91. The van der Waals surface area contributed by atoms with E-state index in [1.807, 2.05) is 4.13 Å². The van der Waals surface area contributed by atoms with Crippen molar-refractivity contribution in [1.82, 2.24) is 13.6 Å². The second kappa shape index (κ2) is 8.15. The van der Waals surface area contributed by atoms with E-state index in [1.54, 1.807) is 0 Å². The predicted octanol–water partition coefficient (Wildman–Crippen LogP) is 3.46. The third-order valence-electron chi connectivity index (χ3n) is 10.4. The second-order valence-corrected chi connectivity index (χ2v) is 16.5. The Hall–Kier alpha value is -0.220. The fourth-order valence-electron chi connectivity index (χ4n) is 10.3. The molecule has 0 radical (unpaired) electrons. The molecule has 0 atom stereocenters. The zero-order valence-corrected chi connectivity index (χ0v) is 21.4. The van der Waals surface area contributed by atoms with Gasteiger partial charge in [-0.05, 0) is 136 Å². The van der Waals surface area contributed by atoms with Gasteiger partial charge in [0.05, 0.1) is 0 Å². The van der Waals surface area contributed by atoms with Crippen molar-refractivity contribution in [3.8, 4) is 0 Å². The van der Waals surface area contributed by atoms with Gasteiger partial charge in [0.15, 0.2) is 0 Å². The van der Waals surface area contributed by atoms with E-state index in [4.69, 9.17) is 0 Å². The number of rotatable bonds is 10. The van der Waals surface area contributed by atoms with Gasteiger partial charge in [0.2, 0.25) is 0 Å². The van der Waals surface area contributed by atoms with Gasteiger partial charge < -0.3 is 0 Å². The van der Waals surface area contributed by atoms with E-state index in [-0.39, 0.29) is 10.8 Å². The van der Waals surface area contributed by atoms with Crippen LogP contribution in [0, 0.1) is 46.3 Å². The van der Waals surface area contributed by atoms with E-state index in [9.17, 15) is 16.8 Å². The number of hydrogen-bond acceptors (Lipinski definition) is 4. The van der Waals surface area contributed by atoms with E-state index >= 15 is 0 Å². The lowest BCUT2D eigenvalue weighted by Crippen LogP contribution is -2.50. The van der Waals surface area contributed by atoms with Gasteiger partial charge in [-0.2, -0.15) is 16.8 Å². The fraction of sp³-hybridized carbons (Fsp3) is 1.00. The summed E-state index contributed by atoms with van der Waals surface area (Å²) in [5.41, 5.74) is 0.540. The lowest BCUT2D eigenvalue weighted by atomic mass is 9.49. The van der Waals surface area contributed by atoms with Gasteiger partial charge in [-0.25, -0.2) is 9.44 Å². The summed E-state index contributed by atoms with van der Waals surface area (Å²) in [6.45, 7) is 0.620. The molecule has 3 N–H and O–H groups in total. The van der Waals surface area contributed by atoms with Gasteiger partial charge in [-0.3, -0.25) is 0 Å². The van der Waals surface area contributed by atoms with Crippen LogP contribution in [0.4, 0.5) is 0 Å². The van der Waals surface area contributed by atoms with Crippen molar-refractivity contribution in [2.75, 3.05) is 13.1 Å². The first-order valence-corrected chi connectivity index (χ1v) is 16.3. The summed E-state index contributed by atoms with van der Waals surface area (Å²) >= 11 is 0. The number of hydrogen-bond donors (Lipinski definition) is 3. The smallest absolute Gasteiger partial charge is 0.201 e. The molecule has 8 rings (SSSR count). The Morgan fingerprint density at radius 3 is 1.06 bits per heavy atom. The van der Waals surface area contributed by atoms with E-state index in [1.165, 1.54) is 77.0 Å². The molecule has 0 aromatic rings. The standard InChI is InChI=1S/C24H41N3O4S2/c28-32(29,25-3-1-23-11-17-5-18(12-23)7-19(6-17)13-23)27-33(30,31)26-4-2-24-14-20-8-21(15-24)10-22(9-20)16-24/h17-22,25-27H,1-16H2. The van der Waals surface area contributed by atoms with Crippen molar-refractivity contribution in [3.05, 3.63) is 0 Å². The minimum atomic E-state index is -4.10. The normalized spacial score (nSPS) is 45.7. The van der Waals surface area contributed by atoms with Crippen molar-refractivity contribution in [1.29, 1.82) is 0 Å². The molecule has 188 valence electrons. The zero-order valence-electron chi connectivity index (χ0n) is 19.7. The highest BCUT2D eigenvalue weighted by molar-refractivity contribution is 8.02. The van der Waals surface area contributed by atoms with Crippen LogP contribution in [0.2, 0.25) is 0 Å². The minimum absolute atomic E-state index is 0.270. The molecule has 9 heteroatoms. The first-order valence-electron chi connectivity index (χ1n) is 13.4. The van der Waals surface area contributed by atoms with Crippen LogP contribution < -0.4 is 13.6 Å². The molecule has 8 saturated carbocycles. The summed E-state index contributed by atoms with van der Waals surface area (Å²) in [7, 11) is -8.20. The van der Waals surface area contributed by atoms with Gasteiger partial charge >= 0.3 is 0 Å². The highest BCUT2D eigenvalue weighted by Crippen LogP contribution is 2.62. The van der Waals surface area contributed by atoms with Crippen LogP contribution in [0.1, 0.15) is 89.9 Å². The molecule has 0 amide bonds. The van der Waals surface area contributed by atoms with Gasteiger partial charge in [-0.15, -0.1) is 0 Å². The van der Waals surface area contributed by atoms with Crippen LogP contribution in [0.15, 0.2) is 0 Å². The summed E-state index contributed by atoms with van der Waals surface area (Å²) in [4.78, 5) is 0. The molecule has 0 aromatic heterocycles. The summed E-state index contributed by atoms with van der Waals surface area (Å²) < 4.78 is 56.8. The van der Waals surface area contributed by atoms with Crippen LogP contribution in [0.3, 0.4) is 0 Å². The average molecular weight is 500 g/mol. The maximum Gasteiger partial charge on any atom is 0.291 e. The Labute approximate surface area is 200 Å².